The van der Waals surface area contributed by atoms with Gasteiger partial charge in [-0.2, -0.15) is 0 Å². The number of hydrogen-bond donors (Lipinski definition) is 1. The van der Waals surface area contributed by atoms with Gasteiger partial charge < -0.3 is 20.0 Å². The molecule has 1 aromatic heterocycles. The molecule has 24 heavy (non-hydrogen) atoms. The number of benzene rings is 1. The van der Waals surface area contributed by atoms with Crippen molar-refractivity contribution in [2.24, 2.45) is 0 Å². The van der Waals surface area contributed by atoms with Gasteiger partial charge in [0, 0.05) is 17.8 Å². The lowest BCUT2D eigenvalue weighted by atomic mass is 10.1. The molecule has 7 heteroatoms. The van der Waals surface area contributed by atoms with E-state index < -0.39 is 5.97 Å². The number of aliphatic carboxylic acids is 1. The van der Waals surface area contributed by atoms with E-state index >= 15 is 0 Å². The molecule has 0 bridgehead atoms. The molecule has 1 amide bonds. The van der Waals surface area contributed by atoms with Crippen molar-refractivity contribution in [3.05, 3.63) is 45.4 Å². The number of aromatic nitrogens is 1. The van der Waals surface area contributed by atoms with Crippen LogP contribution in [-0.2, 0) is 22.4 Å². The third-order valence-electron chi connectivity index (χ3n) is 3.32. The van der Waals surface area contributed by atoms with Gasteiger partial charge in [-0.15, -0.1) is 11.3 Å². The molecule has 2 rings (SSSR count). The predicted molar refractivity (Wildman–Crippen MR) is 88.9 cm³/mol. The summed E-state index contributed by atoms with van der Waals surface area (Å²) < 4.78 is 5.72. The number of aryl methyl sites for hydroxylation is 2. The maximum Gasteiger partial charge on any atom is 0.226 e. The minimum absolute atomic E-state index is 0.126. The Morgan fingerprint density at radius 1 is 1.25 bits per heavy atom. The highest BCUT2D eigenvalue weighted by atomic mass is 32.1. The predicted octanol–water partition coefficient (Wildman–Crippen LogP) is 0.790. The van der Waals surface area contributed by atoms with Crippen molar-refractivity contribution < 1.29 is 19.4 Å². The molecule has 0 atom stereocenters. The molecule has 1 heterocycles. The SMILES string of the molecule is Cc1cccc(C)c1OCCNC(=O)Cc1nc(CC(=O)[O-])cs1. The Bertz CT molecular complexity index is 707. The van der Waals surface area contributed by atoms with Crippen LogP contribution in [0.1, 0.15) is 21.8 Å². The number of amides is 1. The number of carbonyl (C=O) groups is 2. The Kier molecular flexibility index (Phi) is 6.31. The van der Waals surface area contributed by atoms with Crippen LogP contribution in [-0.4, -0.2) is 30.0 Å². The maximum absolute atomic E-state index is 11.9. The molecule has 0 saturated carbocycles. The summed E-state index contributed by atoms with van der Waals surface area (Å²) in [6, 6.07) is 5.93. The normalized spacial score (nSPS) is 10.4. The number of carboxylic acid groups (broad SMARTS) is 1. The van der Waals surface area contributed by atoms with E-state index in [4.69, 9.17) is 4.74 Å². The molecule has 0 aliphatic rings. The number of carbonyl (C=O) groups excluding carboxylic acids is 2. The van der Waals surface area contributed by atoms with E-state index in [2.05, 4.69) is 10.3 Å². The molecule has 0 saturated heterocycles. The summed E-state index contributed by atoms with van der Waals surface area (Å²) in [5.41, 5.74) is 2.54. The number of nitrogens with zero attached hydrogens (tertiary/aromatic N) is 1. The van der Waals surface area contributed by atoms with Crippen molar-refractivity contribution in [2.75, 3.05) is 13.2 Å². The summed E-state index contributed by atoms with van der Waals surface area (Å²) >= 11 is 1.27. The zero-order valence-corrected chi connectivity index (χ0v) is 14.4. The molecule has 0 aliphatic heterocycles. The molecule has 0 radical (unpaired) electrons. The zero-order chi connectivity index (χ0) is 17.5. The smallest absolute Gasteiger partial charge is 0.226 e. The highest BCUT2D eigenvalue weighted by molar-refractivity contribution is 7.09. The molecular weight excluding hydrogens is 328 g/mol. The van der Waals surface area contributed by atoms with E-state index in [1.165, 1.54) is 11.3 Å². The second-order valence-corrected chi connectivity index (χ2v) is 6.32. The monoisotopic (exact) mass is 347 g/mol. The van der Waals surface area contributed by atoms with Gasteiger partial charge in [-0.1, -0.05) is 18.2 Å². The first-order valence-electron chi connectivity index (χ1n) is 7.54. The van der Waals surface area contributed by atoms with Gasteiger partial charge >= 0.3 is 0 Å². The Morgan fingerprint density at radius 2 is 1.96 bits per heavy atom. The van der Waals surface area contributed by atoms with Gasteiger partial charge in [-0.05, 0) is 25.0 Å². The Hall–Kier alpha value is -2.41. The molecular formula is C17H19N2O4S-. The van der Waals surface area contributed by atoms with Crippen LogP contribution in [0.25, 0.3) is 0 Å². The van der Waals surface area contributed by atoms with Crippen LogP contribution < -0.4 is 15.2 Å². The lowest BCUT2D eigenvalue weighted by molar-refractivity contribution is -0.304. The molecule has 0 fully saturated rings. The van der Waals surface area contributed by atoms with Crippen LogP contribution >= 0.6 is 11.3 Å². The zero-order valence-electron chi connectivity index (χ0n) is 13.6. The van der Waals surface area contributed by atoms with Crippen molar-refractivity contribution in [3.8, 4) is 5.75 Å². The van der Waals surface area contributed by atoms with Crippen LogP contribution in [0.5, 0.6) is 5.75 Å². The van der Waals surface area contributed by atoms with E-state index in [0.29, 0.717) is 23.9 Å². The molecule has 6 nitrogen and oxygen atoms in total. The minimum Gasteiger partial charge on any atom is -0.550 e. The lowest BCUT2D eigenvalue weighted by Gasteiger charge is -2.12. The van der Waals surface area contributed by atoms with Crippen molar-refractivity contribution in [3.63, 3.8) is 0 Å². The molecule has 0 spiro atoms. The third-order valence-corrected chi connectivity index (χ3v) is 4.21. The third kappa shape index (κ3) is 5.34. The molecule has 1 N–H and O–H groups in total. The average molecular weight is 347 g/mol. The fourth-order valence-electron chi connectivity index (χ4n) is 2.23. The van der Waals surface area contributed by atoms with Crippen molar-refractivity contribution in [1.29, 1.82) is 0 Å². The largest absolute Gasteiger partial charge is 0.550 e. The summed E-state index contributed by atoms with van der Waals surface area (Å²) in [6.45, 7) is 4.73. The summed E-state index contributed by atoms with van der Waals surface area (Å²) in [7, 11) is 0. The number of carboxylic acids is 1. The number of ether oxygens (including phenoxy) is 1. The van der Waals surface area contributed by atoms with E-state index in [1.54, 1.807) is 5.38 Å². The molecule has 128 valence electrons. The highest BCUT2D eigenvalue weighted by Crippen LogP contribution is 2.21. The number of para-hydroxylation sites is 1. The maximum atomic E-state index is 11.9. The van der Waals surface area contributed by atoms with Gasteiger partial charge in [0.2, 0.25) is 5.91 Å². The molecule has 0 unspecified atom stereocenters. The highest BCUT2D eigenvalue weighted by Gasteiger charge is 2.08. The van der Waals surface area contributed by atoms with Crippen LogP contribution in [0.4, 0.5) is 0 Å². The quantitative estimate of drug-likeness (QED) is 0.713. The topological polar surface area (TPSA) is 91.3 Å². The first kappa shape index (κ1) is 17.9. The average Bonchev–Trinajstić information content (AvgIpc) is 2.92. The van der Waals surface area contributed by atoms with E-state index in [-0.39, 0.29) is 18.7 Å². The summed E-state index contributed by atoms with van der Waals surface area (Å²) in [5, 5.41) is 15.5. The number of thiazole rings is 1. The summed E-state index contributed by atoms with van der Waals surface area (Å²) in [5.74, 6) is -0.506. The molecule has 1 aromatic carbocycles. The van der Waals surface area contributed by atoms with Crippen LogP contribution in [0.2, 0.25) is 0 Å². The molecule has 0 aliphatic carbocycles. The second-order valence-electron chi connectivity index (χ2n) is 5.38. The van der Waals surface area contributed by atoms with Gasteiger partial charge in [0.15, 0.2) is 0 Å². The minimum atomic E-state index is -1.18. The fraction of sp³-hybridized carbons (Fsp3) is 0.353. The van der Waals surface area contributed by atoms with Crippen LogP contribution in [0.3, 0.4) is 0 Å². The Labute approximate surface area is 144 Å². The first-order valence-corrected chi connectivity index (χ1v) is 8.42. The van der Waals surface area contributed by atoms with Crippen LogP contribution in [0.15, 0.2) is 23.6 Å². The molecule has 2 aromatic rings. The number of hydrogen-bond acceptors (Lipinski definition) is 6. The van der Waals surface area contributed by atoms with Gasteiger partial charge in [0.25, 0.3) is 0 Å². The van der Waals surface area contributed by atoms with E-state index in [0.717, 1.165) is 16.9 Å². The van der Waals surface area contributed by atoms with Gasteiger partial charge in [-0.25, -0.2) is 4.98 Å². The Morgan fingerprint density at radius 3 is 2.62 bits per heavy atom. The fourth-order valence-corrected chi connectivity index (χ4v) is 3.02. The lowest BCUT2D eigenvalue weighted by Crippen LogP contribution is -2.29. The summed E-state index contributed by atoms with van der Waals surface area (Å²) in [6.07, 6.45) is -0.108. The van der Waals surface area contributed by atoms with E-state index in [9.17, 15) is 14.7 Å². The van der Waals surface area contributed by atoms with Gasteiger partial charge in [-0.3, -0.25) is 4.79 Å². The van der Waals surface area contributed by atoms with Gasteiger partial charge in [0.1, 0.15) is 17.4 Å². The van der Waals surface area contributed by atoms with Gasteiger partial charge in [0.05, 0.1) is 18.7 Å². The van der Waals surface area contributed by atoms with Crippen molar-refractivity contribution in [2.45, 2.75) is 26.7 Å². The van der Waals surface area contributed by atoms with E-state index in [1.807, 2.05) is 32.0 Å². The standard InChI is InChI=1S/C17H20N2O4S/c1-11-4-3-5-12(2)17(11)23-7-6-18-14(20)9-15-19-13(10-24-15)8-16(21)22/h3-5,10H,6-9H2,1-2H3,(H,18,20)(H,21,22)/p-1. The summed E-state index contributed by atoms with van der Waals surface area (Å²) in [4.78, 5) is 26.5. The van der Waals surface area contributed by atoms with Crippen molar-refractivity contribution in [1.82, 2.24) is 10.3 Å². The van der Waals surface area contributed by atoms with Crippen LogP contribution in [0, 0.1) is 13.8 Å². The Balaban J connectivity index is 1.73. The van der Waals surface area contributed by atoms with Crippen molar-refractivity contribution >= 4 is 23.2 Å². The first-order chi connectivity index (χ1) is 11.5. The number of rotatable bonds is 8. The number of nitrogens with one attached hydrogen (secondary N) is 1. The second kappa shape index (κ2) is 8.44.